The Morgan fingerprint density at radius 3 is 2.39 bits per heavy atom. The lowest BCUT2D eigenvalue weighted by molar-refractivity contribution is 0.414. The standard InChI is InChI=1S/C21H29N5O.HI/c1-3-22-21(24-14-17-6-9-19(27-2)10-7-17)25-16-18-8-11-20(23-15-18)26-12-4-5-13-26;/h6-11,15H,3-5,12-14,16H2,1-2H3,(H2,22,24,25);1H. The number of hydrogen-bond donors (Lipinski definition) is 2. The van der Waals surface area contributed by atoms with Gasteiger partial charge in [0.15, 0.2) is 5.96 Å². The highest BCUT2D eigenvalue weighted by molar-refractivity contribution is 14.0. The number of anilines is 1. The molecule has 6 nitrogen and oxygen atoms in total. The third-order valence-corrected chi connectivity index (χ3v) is 4.62. The summed E-state index contributed by atoms with van der Waals surface area (Å²) in [6, 6.07) is 12.3. The molecule has 1 aliphatic rings. The van der Waals surface area contributed by atoms with Gasteiger partial charge in [-0.05, 0) is 49.1 Å². The van der Waals surface area contributed by atoms with E-state index in [-0.39, 0.29) is 24.0 Å². The summed E-state index contributed by atoms with van der Waals surface area (Å²) in [5, 5.41) is 6.66. The van der Waals surface area contributed by atoms with Gasteiger partial charge in [-0.2, -0.15) is 0 Å². The number of nitrogens with zero attached hydrogens (tertiary/aromatic N) is 3. The van der Waals surface area contributed by atoms with Crippen LogP contribution < -0.4 is 20.3 Å². The molecule has 1 aromatic carbocycles. The topological polar surface area (TPSA) is 61.8 Å². The summed E-state index contributed by atoms with van der Waals surface area (Å²) in [6.45, 7) is 6.43. The predicted molar refractivity (Wildman–Crippen MR) is 126 cm³/mol. The first-order chi connectivity index (χ1) is 13.3. The highest BCUT2D eigenvalue weighted by Crippen LogP contribution is 2.17. The van der Waals surface area contributed by atoms with Crippen molar-refractivity contribution in [3.05, 3.63) is 53.7 Å². The van der Waals surface area contributed by atoms with Crippen molar-refractivity contribution < 1.29 is 4.74 Å². The maximum atomic E-state index is 5.20. The fourth-order valence-corrected chi connectivity index (χ4v) is 3.08. The Morgan fingerprint density at radius 2 is 1.79 bits per heavy atom. The quantitative estimate of drug-likeness (QED) is 0.350. The number of aliphatic imine (C=N–C) groups is 1. The summed E-state index contributed by atoms with van der Waals surface area (Å²) in [5.41, 5.74) is 2.29. The van der Waals surface area contributed by atoms with Crippen LogP contribution in [0, 0.1) is 0 Å². The van der Waals surface area contributed by atoms with Crippen LogP contribution in [-0.4, -0.2) is 37.7 Å². The average Bonchev–Trinajstić information content (AvgIpc) is 3.26. The average molecular weight is 495 g/mol. The summed E-state index contributed by atoms with van der Waals surface area (Å²) < 4.78 is 5.20. The smallest absolute Gasteiger partial charge is 0.191 e. The molecule has 0 amide bonds. The van der Waals surface area contributed by atoms with E-state index in [4.69, 9.17) is 4.74 Å². The van der Waals surface area contributed by atoms with E-state index in [2.05, 4.69) is 56.7 Å². The molecule has 1 aromatic heterocycles. The molecular weight excluding hydrogens is 465 g/mol. The maximum absolute atomic E-state index is 5.20. The van der Waals surface area contributed by atoms with Gasteiger partial charge in [0.2, 0.25) is 0 Å². The van der Waals surface area contributed by atoms with Crippen molar-refractivity contribution in [3.8, 4) is 5.75 Å². The predicted octanol–water partition coefficient (Wildman–Crippen LogP) is 3.56. The highest BCUT2D eigenvalue weighted by Gasteiger charge is 2.12. The van der Waals surface area contributed by atoms with Gasteiger partial charge in [-0.1, -0.05) is 18.2 Å². The van der Waals surface area contributed by atoms with E-state index in [1.54, 1.807) is 7.11 Å². The monoisotopic (exact) mass is 495 g/mol. The van der Waals surface area contributed by atoms with Crippen LogP contribution in [-0.2, 0) is 13.1 Å². The Labute approximate surface area is 184 Å². The van der Waals surface area contributed by atoms with Gasteiger partial charge in [0, 0.05) is 32.4 Å². The van der Waals surface area contributed by atoms with Crippen LogP contribution in [0.1, 0.15) is 30.9 Å². The minimum absolute atomic E-state index is 0. The van der Waals surface area contributed by atoms with Gasteiger partial charge in [-0.15, -0.1) is 24.0 Å². The molecule has 1 aliphatic heterocycles. The Balaban J connectivity index is 0.00000280. The van der Waals surface area contributed by atoms with E-state index >= 15 is 0 Å². The van der Waals surface area contributed by atoms with Crippen LogP contribution in [0.4, 0.5) is 5.82 Å². The number of aromatic nitrogens is 1. The van der Waals surface area contributed by atoms with E-state index in [0.717, 1.165) is 42.7 Å². The Kier molecular flexibility index (Phi) is 9.33. The number of ether oxygens (including phenoxy) is 1. The van der Waals surface area contributed by atoms with Gasteiger partial charge in [0.05, 0.1) is 13.7 Å². The Hall–Kier alpha value is -2.03. The van der Waals surface area contributed by atoms with Gasteiger partial charge >= 0.3 is 0 Å². The van der Waals surface area contributed by atoms with Crippen molar-refractivity contribution in [1.82, 2.24) is 15.6 Å². The molecule has 0 aliphatic carbocycles. The molecule has 152 valence electrons. The lowest BCUT2D eigenvalue weighted by Crippen LogP contribution is -2.36. The summed E-state index contributed by atoms with van der Waals surface area (Å²) in [7, 11) is 1.68. The van der Waals surface area contributed by atoms with Crippen molar-refractivity contribution in [1.29, 1.82) is 0 Å². The summed E-state index contributed by atoms with van der Waals surface area (Å²) in [5.74, 6) is 2.74. The van der Waals surface area contributed by atoms with Crippen molar-refractivity contribution in [2.45, 2.75) is 32.9 Å². The van der Waals surface area contributed by atoms with Gasteiger partial charge in [0.25, 0.3) is 0 Å². The largest absolute Gasteiger partial charge is 0.497 e. The molecule has 3 rings (SSSR count). The van der Waals surface area contributed by atoms with Crippen LogP contribution in [0.15, 0.2) is 47.6 Å². The minimum atomic E-state index is 0. The number of halogens is 1. The zero-order valence-corrected chi connectivity index (χ0v) is 19.0. The van der Waals surface area contributed by atoms with Gasteiger partial charge < -0.3 is 20.3 Å². The zero-order chi connectivity index (χ0) is 18.9. The Bertz CT molecular complexity index is 727. The van der Waals surface area contributed by atoms with E-state index < -0.39 is 0 Å². The van der Waals surface area contributed by atoms with Crippen molar-refractivity contribution in [3.63, 3.8) is 0 Å². The first kappa shape index (κ1) is 22.3. The molecule has 0 atom stereocenters. The number of methoxy groups -OCH3 is 1. The summed E-state index contributed by atoms with van der Waals surface area (Å²) in [4.78, 5) is 11.6. The second-order valence-corrected chi connectivity index (χ2v) is 6.62. The van der Waals surface area contributed by atoms with Crippen LogP contribution in [0.2, 0.25) is 0 Å². The SMILES string of the molecule is CCNC(=NCc1ccc(N2CCCC2)nc1)NCc1ccc(OC)cc1.I. The maximum Gasteiger partial charge on any atom is 0.191 e. The molecule has 0 saturated carbocycles. The second kappa shape index (κ2) is 11.7. The molecule has 0 radical (unpaired) electrons. The number of hydrogen-bond acceptors (Lipinski definition) is 4. The fraction of sp³-hybridized carbons (Fsp3) is 0.429. The molecule has 0 unspecified atom stereocenters. The minimum Gasteiger partial charge on any atom is -0.497 e. The van der Waals surface area contributed by atoms with Crippen molar-refractivity contribution in [2.24, 2.45) is 4.99 Å². The number of guanidine groups is 1. The number of benzene rings is 1. The molecule has 1 fully saturated rings. The third kappa shape index (κ3) is 6.54. The van der Waals surface area contributed by atoms with E-state index in [0.29, 0.717) is 13.1 Å². The molecule has 28 heavy (non-hydrogen) atoms. The van der Waals surface area contributed by atoms with E-state index in [1.807, 2.05) is 18.3 Å². The molecule has 2 N–H and O–H groups in total. The molecule has 7 heteroatoms. The third-order valence-electron chi connectivity index (χ3n) is 4.62. The van der Waals surface area contributed by atoms with Gasteiger partial charge in [0.1, 0.15) is 11.6 Å². The first-order valence-electron chi connectivity index (χ1n) is 9.63. The molecule has 1 saturated heterocycles. The number of rotatable bonds is 7. The molecule has 0 spiro atoms. The summed E-state index contributed by atoms with van der Waals surface area (Å²) >= 11 is 0. The van der Waals surface area contributed by atoms with Crippen molar-refractivity contribution in [2.75, 3.05) is 31.6 Å². The molecule has 0 bridgehead atoms. The highest BCUT2D eigenvalue weighted by atomic mass is 127. The molecule has 2 aromatic rings. The van der Waals surface area contributed by atoms with Gasteiger partial charge in [-0.25, -0.2) is 9.98 Å². The zero-order valence-electron chi connectivity index (χ0n) is 16.6. The number of pyridine rings is 1. The first-order valence-corrected chi connectivity index (χ1v) is 9.63. The number of nitrogens with one attached hydrogen (secondary N) is 2. The van der Waals surface area contributed by atoms with E-state index in [1.165, 1.54) is 18.4 Å². The normalized spacial score (nSPS) is 13.8. The van der Waals surface area contributed by atoms with Gasteiger partial charge in [-0.3, -0.25) is 0 Å². The van der Waals surface area contributed by atoms with E-state index in [9.17, 15) is 0 Å². The molecule has 2 heterocycles. The molecular formula is C21H30IN5O. The van der Waals surface area contributed by atoms with Crippen LogP contribution >= 0.6 is 24.0 Å². The van der Waals surface area contributed by atoms with Crippen LogP contribution in [0.5, 0.6) is 5.75 Å². The van der Waals surface area contributed by atoms with Crippen LogP contribution in [0.25, 0.3) is 0 Å². The lowest BCUT2D eigenvalue weighted by Gasteiger charge is -2.16. The summed E-state index contributed by atoms with van der Waals surface area (Å²) in [6.07, 6.45) is 4.46. The Morgan fingerprint density at radius 1 is 1.07 bits per heavy atom. The van der Waals surface area contributed by atoms with Crippen molar-refractivity contribution >= 4 is 35.8 Å². The second-order valence-electron chi connectivity index (χ2n) is 6.62. The van der Waals surface area contributed by atoms with Crippen LogP contribution in [0.3, 0.4) is 0 Å². The lowest BCUT2D eigenvalue weighted by atomic mass is 10.2. The fourth-order valence-electron chi connectivity index (χ4n) is 3.08.